The Bertz CT molecular complexity index is 749. The molecule has 0 amide bonds. The van der Waals surface area contributed by atoms with E-state index in [0.717, 1.165) is 18.9 Å². The van der Waals surface area contributed by atoms with Crippen molar-refractivity contribution in [2.75, 3.05) is 18.0 Å². The monoisotopic (exact) mass is 332 g/mol. The van der Waals surface area contributed by atoms with Crippen molar-refractivity contribution >= 4 is 5.82 Å². The van der Waals surface area contributed by atoms with Gasteiger partial charge in [-0.2, -0.15) is 13.2 Å². The van der Waals surface area contributed by atoms with Crippen LogP contribution in [0.2, 0.25) is 0 Å². The maximum Gasteiger partial charge on any atom is 0.433 e. The molecular formula is C17H15F3N4. The van der Waals surface area contributed by atoms with Gasteiger partial charge < -0.3 is 4.90 Å². The topological polar surface area (TPSA) is 41.9 Å². The van der Waals surface area contributed by atoms with Crippen LogP contribution in [0, 0.1) is 18.3 Å². The van der Waals surface area contributed by atoms with Crippen molar-refractivity contribution in [1.29, 1.82) is 0 Å². The number of rotatable bonds is 5. The van der Waals surface area contributed by atoms with Crippen LogP contribution in [0.25, 0.3) is 11.4 Å². The van der Waals surface area contributed by atoms with Crippen LogP contribution in [0.4, 0.5) is 19.0 Å². The minimum atomic E-state index is -4.55. The average Bonchev–Trinajstić information content (AvgIpc) is 3.38. The molecule has 1 aliphatic carbocycles. The molecule has 0 saturated heterocycles. The molecule has 1 saturated carbocycles. The quantitative estimate of drug-likeness (QED) is 0.787. The zero-order valence-electron chi connectivity index (χ0n) is 12.8. The van der Waals surface area contributed by atoms with E-state index >= 15 is 0 Å². The third kappa shape index (κ3) is 3.82. The van der Waals surface area contributed by atoms with Crippen LogP contribution < -0.4 is 4.90 Å². The maximum atomic E-state index is 13.2. The van der Waals surface area contributed by atoms with Crippen LogP contribution >= 0.6 is 0 Å². The number of pyridine rings is 1. The fraction of sp³-hybridized carbons (Fsp3) is 0.353. The van der Waals surface area contributed by atoms with E-state index in [-0.39, 0.29) is 18.2 Å². The van der Waals surface area contributed by atoms with Gasteiger partial charge in [0.05, 0.1) is 6.54 Å². The number of aromatic nitrogens is 3. The molecule has 0 N–H and O–H groups in total. The summed E-state index contributed by atoms with van der Waals surface area (Å²) < 4.78 is 39.7. The molecule has 2 heterocycles. The fourth-order valence-corrected chi connectivity index (χ4v) is 2.33. The SMILES string of the molecule is C#CCN(CC1CC1)c1cc(C(F)(F)F)nc(-c2ccncc2)n1. The predicted octanol–water partition coefficient (Wildman–Crippen LogP) is 3.41. The van der Waals surface area contributed by atoms with Crippen LogP contribution in [0.3, 0.4) is 0 Å². The van der Waals surface area contributed by atoms with E-state index in [9.17, 15) is 13.2 Å². The predicted molar refractivity (Wildman–Crippen MR) is 84.0 cm³/mol. The molecule has 124 valence electrons. The molecule has 1 fully saturated rings. The molecule has 2 aromatic rings. The highest BCUT2D eigenvalue weighted by Crippen LogP contribution is 2.34. The smallest absolute Gasteiger partial charge is 0.345 e. The average molecular weight is 332 g/mol. The van der Waals surface area contributed by atoms with E-state index in [2.05, 4.69) is 20.9 Å². The van der Waals surface area contributed by atoms with Crippen molar-refractivity contribution in [2.45, 2.75) is 19.0 Å². The molecule has 0 radical (unpaired) electrons. The Morgan fingerprint density at radius 1 is 1.21 bits per heavy atom. The molecule has 0 bridgehead atoms. The number of halogens is 3. The fourth-order valence-electron chi connectivity index (χ4n) is 2.33. The molecule has 0 spiro atoms. The lowest BCUT2D eigenvalue weighted by Crippen LogP contribution is -2.28. The Hall–Kier alpha value is -2.62. The summed E-state index contributed by atoms with van der Waals surface area (Å²) in [5.41, 5.74) is -0.499. The highest BCUT2D eigenvalue weighted by molar-refractivity contribution is 5.57. The second-order valence-corrected chi connectivity index (χ2v) is 5.70. The number of anilines is 1. The first-order valence-electron chi connectivity index (χ1n) is 7.52. The third-order valence-electron chi connectivity index (χ3n) is 3.72. The van der Waals surface area contributed by atoms with Gasteiger partial charge in [0.1, 0.15) is 5.82 Å². The van der Waals surface area contributed by atoms with Crippen LogP contribution in [0.15, 0.2) is 30.6 Å². The lowest BCUT2D eigenvalue weighted by molar-refractivity contribution is -0.141. The van der Waals surface area contributed by atoms with Crippen LogP contribution in [0.1, 0.15) is 18.5 Å². The summed E-state index contributed by atoms with van der Waals surface area (Å²) in [6.45, 7) is 0.814. The second kappa shape index (κ2) is 6.48. The van der Waals surface area contributed by atoms with Crippen molar-refractivity contribution in [3.63, 3.8) is 0 Å². The zero-order valence-corrected chi connectivity index (χ0v) is 12.8. The first kappa shape index (κ1) is 16.2. The standard InChI is InChI=1S/C17H15F3N4/c1-2-9-24(11-12-3-4-12)15-10-14(17(18,19)20)22-16(23-15)13-5-7-21-8-6-13/h1,5-8,10,12H,3-4,9,11H2. The van der Waals surface area contributed by atoms with E-state index in [0.29, 0.717) is 18.0 Å². The summed E-state index contributed by atoms with van der Waals surface area (Å²) in [6.07, 6.45) is 5.92. The Balaban J connectivity index is 2.05. The Kier molecular flexibility index (Phi) is 4.38. The normalized spacial score (nSPS) is 14.2. The van der Waals surface area contributed by atoms with Gasteiger partial charge in [0.25, 0.3) is 0 Å². The highest BCUT2D eigenvalue weighted by Gasteiger charge is 2.35. The molecule has 0 aliphatic heterocycles. The molecular weight excluding hydrogens is 317 g/mol. The molecule has 0 atom stereocenters. The zero-order chi connectivity index (χ0) is 17.2. The summed E-state index contributed by atoms with van der Waals surface area (Å²) in [7, 11) is 0. The van der Waals surface area contributed by atoms with Gasteiger partial charge in [-0.25, -0.2) is 9.97 Å². The highest BCUT2D eigenvalue weighted by atomic mass is 19.4. The Labute approximate surface area is 137 Å². The second-order valence-electron chi connectivity index (χ2n) is 5.70. The minimum Gasteiger partial charge on any atom is -0.345 e. The first-order valence-corrected chi connectivity index (χ1v) is 7.52. The van der Waals surface area contributed by atoms with Gasteiger partial charge >= 0.3 is 6.18 Å². The van der Waals surface area contributed by atoms with Gasteiger partial charge in [0, 0.05) is 30.6 Å². The van der Waals surface area contributed by atoms with Gasteiger partial charge in [-0.15, -0.1) is 6.42 Å². The summed E-state index contributed by atoms with van der Waals surface area (Å²) in [5, 5.41) is 0. The van der Waals surface area contributed by atoms with Gasteiger partial charge in [-0.05, 0) is 30.9 Å². The third-order valence-corrected chi connectivity index (χ3v) is 3.72. The van der Waals surface area contributed by atoms with Gasteiger partial charge in [-0.1, -0.05) is 5.92 Å². The lowest BCUT2D eigenvalue weighted by Gasteiger charge is -2.22. The molecule has 4 nitrogen and oxygen atoms in total. The summed E-state index contributed by atoms with van der Waals surface area (Å²) in [4.78, 5) is 13.5. The number of terminal acetylenes is 1. The first-order chi connectivity index (χ1) is 11.5. The van der Waals surface area contributed by atoms with Crippen LogP contribution in [-0.4, -0.2) is 28.0 Å². The molecule has 24 heavy (non-hydrogen) atoms. The van der Waals surface area contributed by atoms with Crippen molar-refractivity contribution in [2.24, 2.45) is 5.92 Å². The van der Waals surface area contributed by atoms with E-state index < -0.39 is 11.9 Å². The van der Waals surface area contributed by atoms with E-state index in [4.69, 9.17) is 6.42 Å². The molecule has 2 aromatic heterocycles. The number of hydrogen-bond donors (Lipinski definition) is 0. The van der Waals surface area contributed by atoms with Gasteiger partial charge in [0.15, 0.2) is 11.5 Å². The molecule has 1 aliphatic rings. The number of alkyl halides is 3. The molecule has 7 heteroatoms. The Morgan fingerprint density at radius 3 is 2.50 bits per heavy atom. The summed E-state index contributed by atoms with van der Waals surface area (Å²) >= 11 is 0. The number of nitrogens with zero attached hydrogens (tertiary/aromatic N) is 4. The largest absolute Gasteiger partial charge is 0.433 e. The van der Waals surface area contributed by atoms with Crippen molar-refractivity contribution in [3.05, 3.63) is 36.3 Å². The van der Waals surface area contributed by atoms with Crippen molar-refractivity contribution in [3.8, 4) is 23.7 Å². The van der Waals surface area contributed by atoms with E-state index in [1.807, 2.05) is 0 Å². The van der Waals surface area contributed by atoms with Crippen molar-refractivity contribution < 1.29 is 13.2 Å². The van der Waals surface area contributed by atoms with E-state index in [1.165, 1.54) is 12.4 Å². The number of hydrogen-bond acceptors (Lipinski definition) is 4. The van der Waals surface area contributed by atoms with Crippen LogP contribution in [-0.2, 0) is 6.18 Å². The maximum absolute atomic E-state index is 13.2. The molecule has 3 rings (SSSR count). The minimum absolute atomic E-state index is 0.0139. The summed E-state index contributed by atoms with van der Waals surface area (Å²) in [6, 6.07) is 4.11. The van der Waals surface area contributed by atoms with E-state index in [1.54, 1.807) is 17.0 Å². The van der Waals surface area contributed by atoms with Crippen molar-refractivity contribution in [1.82, 2.24) is 15.0 Å². The van der Waals surface area contributed by atoms with Crippen LogP contribution in [0.5, 0.6) is 0 Å². The molecule has 0 unspecified atom stereocenters. The van der Waals surface area contributed by atoms with Gasteiger partial charge in [-0.3, -0.25) is 4.98 Å². The molecule has 0 aromatic carbocycles. The van der Waals surface area contributed by atoms with Gasteiger partial charge in [0.2, 0.25) is 0 Å². The summed E-state index contributed by atoms with van der Waals surface area (Å²) in [5.74, 6) is 3.17. The lowest BCUT2D eigenvalue weighted by atomic mass is 10.2. The Morgan fingerprint density at radius 2 is 1.92 bits per heavy atom.